The van der Waals surface area contributed by atoms with Gasteiger partial charge in [-0.05, 0) is 71.8 Å². The van der Waals surface area contributed by atoms with Gasteiger partial charge in [-0.3, -0.25) is 0 Å². The first-order chi connectivity index (χ1) is 22.3. The first-order valence-corrected chi connectivity index (χ1v) is 16.1. The van der Waals surface area contributed by atoms with Crippen LogP contribution in [0.5, 0.6) is 0 Å². The minimum atomic E-state index is 1.13. The highest BCUT2D eigenvalue weighted by Crippen LogP contribution is 2.46. The minimum absolute atomic E-state index is 1.13. The van der Waals surface area contributed by atoms with Crippen molar-refractivity contribution < 1.29 is 0 Å². The molecule has 9 aromatic rings. The van der Waals surface area contributed by atoms with Gasteiger partial charge in [-0.15, -0.1) is 11.3 Å². The SMILES string of the molecule is c1ccc(-c2ccc(N(c3ccc4c(c3)c3ccccc3n4-c3ccccc3)c3cccc4c3sc3ccccc34)cc2)cc1. The van der Waals surface area contributed by atoms with Crippen molar-refractivity contribution >= 4 is 70.4 Å². The number of benzene rings is 7. The molecule has 0 fully saturated rings. The summed E-state index contributed by atoms with van der Waals surface area (Å²) in [4.78, 5) is 2.43. The maximum absolute atomic E-state index is 2.43. The zero-order valence-electron chi connectivity index (χ0n) is 24.5. The molecule has 0 unspecified atom stereocenters. The number of thiophene rings is 1. The van der Waals surface area contributed by atoms with Crippen molar-refractivity contribution in [3.63, 3.8) is 0 Å². The number of aromatic nitrogens is 1. The van der Waals surface area contributed by atoms with E-state index in [1.54, 1.807) is 0 Å². The lowest BCUT2D eigenvalue weighted by molar-refractivity contribution is 1.18. The summed E-state index contributed by atoms with van der Waals surface area (Å²) in [5.74, 6) is 0. The molecule has 212 valence electrons. The van der Waals surface area contributed by atoms with Gasteiger partial charge in [0, 0.05) is 43.3 Å². The molecule has 0 bridgehead atoms. The Kier molecular flexibility index (Phi) is 6.03. The second-order valence-corrected chi connectivity index (χ2v) is 12.4. The Hall–Kier alpha value is -5.64. The molecule has 9 rings (SSSR count). The van der Waals surface area contributed by atoms with Crippen LogP contribution in [0.1, 0.15) is 0 Å². The van der Waals surface area contributed by atoms with Gasteiger partial charge in [0.2, 0.25) is 0 Å². The monoisotopic (exact) mass is 592 g/mol. The van der Waals surface area contributed by atoms with E-state index in [1.165, 1.54) is 64.5 Å². The second kappa shape index (κ2) is 10.5. The van der Waals surface area contributed by atoms with Crippen molar-refractivity contribution in [3.8, 4) is 16.8 Å². The Morgan fingerprint density at radius 3 is 1.87 bits per heavy atom. The van der Waals surface area contributed by atoms with E-state index in [2.05, 4.69) is 179 Å². The fourth-order valence-corrected chi connectivity index (χ4v) is 7.93. The molecule has 0 N–H and O–H groups in total. The van der Waals surface area contributed by atoms with E-state index >= 15 is 0 Å². The second-order valence-electron chi connectivity index (χ2n) is 11.4. The molecule has 0 amide bonds. The average Bonchev–Trinajstić information content (AvgIpc) is 3.66. The van der Waals surface area contributed by atoms with Gasteiger partial charge in [0.1, 0.15) is 0 Å². The maximum atomic E-state index is 2.43. The van der Waals surface area contributed by atoms with E-state index in [1.807, 2.05) is 11.3 Å². The molecule has 45 heavy (non-hydrogen) atoms. The zero-order chi connectivity index (χ0) is 29.7. The van der Waals surface area contributed by atoms with Gasteiger partial charge < -0.3 is 9.47 Å². The van der Waals surface area contributed by atoms with Crippen LogP contribution in [-0.4, -0.2) is 4.57 Å². The van der Waals surface area contributed by atoms with E-state index in [-0.39, 0.29) is 0 Å². The maximum Gasteiger partial charge on any atom is 0.0640 e. The van der Waals surface area contributed by atoms with Crippen molar-refractivity contribution in [1.82, 2.24) is 4.57 Å². The van der Waals surface area contributed by atoms with E-state index in [9.17, 15) is 0 Å². The van der Waals surface area contributed by atoms with Gasteiger partial charge in [0.05, 0.1) is 21.4 Å². The number of fused-ring (bicyclic) bond motifs is 6. The van der Waals surface area contributed by atoms with Crippen LogP contribution in [0.2, 0.25) is 0 Å². The molecule has 0 aliphatic rings. The number of para-hydroxylation sites is 2. The standard InChI is InChI=1S/C42H28N2S/c1-3-12-29(13-4-1)30-22-24-32(25-23-30)43(40-20-11-18-36-35-17-8-10-21-41(35)45-42(36)40)33-26-27-39-37(28-33)34-16-7-9-19-38(34)44(39)31-14-5-2-6-15-31/h1-28H. The highest BCUT2D eigenvalue weighted by Gasteiger charge is 2.20. The first-order valence-electron chi connectivity index (χ1n) is 15.3. The van der Waals surface area contributed by atoms with Crippen molar-refractivity contribution in [3.05, 3.63) is 170 Å². The molecule has 2 aromatic heterocycles. The number of anilines is 3. The summed E-state index contributed by atoms with van der Waals surface area (Å²) in [6.07, 6.45) is 0. The van der Waals surface area contributed by atoms with Gasteiger partial charge in [0.25, 0.3) is 0 Å². The Bertz CT molecular complexity index is 2470. The summed E-state index contributed by atoms with van der Waals surface area (Å²) in [6, 6.07) is 61.4. The molecule has 0 atom stereocenters. The summed E-state index contributed by atoms with van der Waals surface area (Å²) in [6.45, 7) is 0. The Balaban J connectivity index is 1.29. The first kappa shape index (κ1) is 25.8. The summed E-state index contributed by atoms with van der Waals surface area (Å²) in [7, 11) is 0. The molecule has 0 aliphatic carbocycles. The normalized spacial score (nSPS) is 11.6. The summed E-state index contributed by atoms with van der Waals surface area (Å²) in [5.41, 5.74) is 9.46. The fourth-order valence-electron chi connectivity index (χ4n) is 6.72. The topological polar surface area (TPSA) is 8.17 Å². The Morgan fingerprint density at radius 2 is 1.04 bits per heavy atom. The molecular formula is C42H28N2S. The largest absolute Gasteiger partial charge is 0.309 e. The van der Waals surface area contributed by atoms with Crippen molar-refractivity contribution in [2.45, 2.75) is 0 Å². The van der Waals surface area contributed by atoms with Crippen molar-refractivity contribution in [2.75, 3.05) is 4.90 Å². The van der Waals surface area contributed by atoms with Gasteiger partial charge in [-0.2, -0.15) is 0 Å². The van der Waals surface area contributed by atoms with Crippen LogP contribution in [0.4, 0.5) is 17.1 Å². The van der Waals surface area contributed by atoms with Crippen molar-refractivity contribution in [2.24, 2.45) is 0 Å². The van der Waals surface area contributed by atoms with Gasteiger partial charge in [-0.1, -0.05) is 109 Å². The Morgan fingerprint density at radius 1 is 0.422 bits per heavy atom. The number of rotatable bonds is 5. The van der Waals surface area contributed by atoms with E-state index in [4.69, 9.17) is 0 Å². The van der Waals surface area contributed by atoms with Crippen LogP contribution in [0, 0.1) is 0 Å². The van der Waals surface area contributed by atoms with E-state index in [0.29, 0.717) is 0 Å². The van der Waals surface area contributed by atoms with Crippen LogP contribution in [-0.2, 0) is 0 Å². The third-order valence-corrected chi connectivity index (χ3v) is 9.99. The summed E-state index contributed by atoms with van der Waals surface area (Å²) < 4.78 is 4.97. The predicted octanol–water partition coefficient (Wildman–Crippen LogP) is 12.3. The molecule has 2 heterocycles. The van der Waals surface area contributed by atoms with Crippen LogP contribution >= 0.6 is 11.3 Å². The van der Waals surface area contributed by atoms with Crippen LogP contribution in [0.3, 0.4) is 0 Å². The summed E-state index contributed by atoms with van der Waals surface area (Å²) >= 11 is 1.87. The van der Waals surface area contributed by atoms with Gasteiger partial charge in [-0.25, -0.2) is 0 Å². The van der Waals surface area contributed by atoms with Crippen LogP contribution in [0.15, 0.2) is 170 Å². The summed E-state index contributed by atoms with van der Waals surface area (Å²) in [5, 5.41) is 5.08. The fraction of sp³-hybridized carbons (Fsp3) is 0. The Labute approximate surface area is 265 Å². The average molecular weight is 593 g/mol. The van der Waals surface area contributed by atoms with Gasteiger partial charge >= 0.3 is 0 Å². The minimum Gasteiger partial charge on any atom is -0.309 e. The van der Waals surface area contributed by atoms with E-state index in [0.717, 1.165) is 11.4 Å². The van der Waals surface area contributed by atoms with E-state index < -0.39 is 0 Å². The molecule has 0 aliphatic heterocycles. The van der Waals surface area contributed by atoms with Crippen LogP contribution < -0.4 is 4.90 Å². The quantitative estimate of drug-likeness (QED) is 0.193. The molecule has 0 spiro atoms. The molecule has 3 heteroatoms. The molecule has 0 radical (unpaired) electrons. The number of hydrogen-bond donors (Lipinski definition) is 0. The van der Waals surface area contributed by atoms with Gasteiger partial charge in [0.15, 0.2) is 0 Å². The molecule has 7 aromatic carbocycles. The zero-order valence-corrected chi connectivity index (χ0v) is 25.3. The van der Waals surface area contributed by atoms with Crippen molar-refractivity contribution in [1.29, 1.82) is 0 Å². The molecular weight excluding hydrogens is 565 g/mol. The third-order valence-electron chi connectivity index (χ3n) is 8.79. The highest BCUT2D eigenvalue weighted by molar-refractivity contribution is 7.26. The highest BCUT2D eigenvalue weighted by atomic mass is 32.1. The third kappa shape index (κ3) is 4.24. The number of nitrogens with zero attached hydrogens (tertiary/aromatic N) is 2. The molecule has 2 nitrogen and oxygen atoms in total. The predicted molar refractivity (Wildman–Crippen MR) is 194 cm³/mol. The molecule has 0 saturated heterocycles. The lowest BCUT2D eigenvalue weighted by Gasteiger charge is -2.26. The molecule has 0 saturated carbocycles. The smallest absolute Gasteiger partial charge is 0.0640 e. The number of hydrogen-bond acceptors (Lipinski definition) is 2. The lowest BCUT2D eigenvalue weighted by Crippen LogP contribution is -2.10. The lowest BCUT2D eigenvalue weighted by atomic mass is 10.0. The van der Waals surface area contributed by atoms with Crippen LogP contribution in [0.25, 0.3) is 58.8 Å².